The van der Waals surface area contributed by atoms with E-state index in [1.165, 1.54) is 11.3 Å². The van der Waals surface area contributed by atoms with Gasteiger partial charge in [-0.05, 0) is 68.7 Å². The lowest BCUT2D eigenvalue weighted by Crippen LogP contribution is -2.68. The van der Waals surface area contributed by atoms with Gasteiger partial charge in [-0.15, -0.1) is 11.3 Å². The highest BCUT2D eigenvalue weighted by Gasteiger charge is 2.52. The van der Waals surface area contributed by atoms with E-state index in [9.17, 15) is 19.5 Å². The number of thiophene rings is 1. The highest BCUT2D eigenvalue weighted by Crippen LogP contribution is 2.38. The number of rotatable bonds is 10. The van der Waals surface area contributed by atoms with E-state index in [0.29, 0.717) is 86.9 Å². The van der Waals surface area contributed by atoms with Crippen LogP contribution in [0.2, 0.25) is 10.0 Å². The number of carbonyl (C=O) groups excluding carboxylic acids is 2. The van der Waals surface area contributed by atoms with Crippen LogP contribution < -0.4 is 5.32 Å². The fourth-order valence-corrected chi connectivity index (χ4v) is 8.35. The Hall–Kier alpha value is -2.57. The summed E-state index contributed by atoms with van der Waals surface area (Å²) < 4.78 is 13.8. The largest absolute Gasteiger partial charge is 0.481 e. The van der Waals surface area contributed by atoms with Crippen molar-refractivity contribution in [2.24, 2.45) is 5.92 Å². The number of likely N-dealkylation sites (tertiary alicyclic amines) is 1. The van der Waals surface area contributed by atoms with Crippen molar-refractivity contribution in [1.82, 2.24) is 9.80 Å². The van der Waals surface area contributed by atoms with Gasteiger partial charge < -0.3 is 19.9 Å². The van der Waals surface area contributed by atoms with Crippen molar-refractivity contribution in [3.8, 4) is 0 Å². The van der Waals surface area contributed by atoms with E-state index in [2.05, 4.69) is 15.1 Å². The van der Waals surface area contributed by atoms with Crippen molar-refractivity contribution < 1.29 is 29.0 Å². The van der Waals surface area contributed by atoms with E-state index in [1.54, 1.807) is 12.1 Å². The molecular formula is C34H39Cl2N3O6S. The fraction of sp³-hybridized carbons (Fsp3) is 0.500. The first-order valence-corrected chi connectivity index (χ1v) is 17.7. The summed E-state index contributed by atoms with van der Waals surface area (Å²) in [4.78, 5) is 43.9. The number of carbonyl (C=O) groups is 3. The molecule has 9 nitrogen and oxygen atoms in total. The number of anilines is 1. The molecule has 0 spiro atoms. The topological polar surface area (TPSA) is 108 Å². The third-order valence-corrected chi connectivity index (χ3v) is 11.0. The molecule has 0 bridgehead atoms. The quantitative estimate of drug-likeness (QED) is 0.242. The lowest BCUT2D eigenvalue weighted by molar-refractivity contribution is -0.256. The second-order valence-electron chi connectivity index (χ2n) is 12.3. The SMILES string of the molecule is O=C(Nc1cc(Cl)c(CC(=O)C(O[C@H]2CC[C@H](C(=O)O)CC2)(N2CCCC2)N2CCCOCC2)cc1Cl)c1csc2ccccc12. The van der Waals surface area contributed by atoms with Crippen molar-refractivity contribution in [3.05, 3.63) is 63.0 Å². The van der Waals surface area contributed by atoms with Crippen LogP contribution >= 0.6 is 34.5 Å². The third kappa shape index (κ3) is 6.99. The van der Waals surface area contributed by atoms with Crippen LogP contribution in [0.4, 0.5) is 5.69 Å². The predicted octanol–water partition coefficient (Wildman–Crippen LogP) is 6.70. The number of halogens is 2. The zero-order valence-corrected chi connectivity index (χ0v) is 28.0. The van der Waals surface area contributed by atoms with Gasteiger partial charge in [-0.3, -0.25) is 24.2 Å². The monoisotopic (exact) mass is 687 g/mol. The molecule has 246 valence electrons. The molecule has 2 aromatic carbocycles. The molecule has 1 unspecified atom stereocenters. The lowest BCUT2D eigenvalue weighted by atomic mass is 9.87. The number of carboxylic acid groups (broad SMARTS) is 1. The Bertz CT molecular complexity index is 1580. The number of ketones is 1. The normalized spacial score (nSPS) is 22.7. The fourth-order valence-electron chi connectivity index (χ4n) is 6.95. The maximum atomic E-state index is 14.8. The summed E-state index contributed by atoms with van der Waals surface area (Å²) in [5, 5.41) is 15.7. The lowest BCUT2D eigenvalue weighted by Gasteiger charge is -2.49. The van der Waals surface area contributed by atoms with Gasteiger partial charge in [-0.25, -0.2) is 0 Å². The minimum absolute atomic E-state index is 0.0275. The average molecular weight is 689 g/mol. The highest BCUT2D eigenvalue weighted by molar-refractivity contribution is 7.17. The Morgan fingerprint density at radius 2 is 1.67 bits per heavy atom. The van der Waals surface area contributed by atoms with E-state index in [-0.39, 0.29) is 35.2 Å². The van der Waals surface area contributed by atoms with Crippen LogP contribution in [-0.2, 0) is 25.5 Å². The van der Waals surface area contributed by atoms with Crippen molar-refractivity contribution >= 4 is 68.0 Å². The number of ether oxygens (including phenoxy) is 2. The second-order valence-corrected chi connectivity index (χ2v) is 14.0. The summed E-state index contributed by atoms with van der Waals surface area (Å²) in [5.41, 5.74) is 1.46. The van der Waals surface area contributed by atoms with Crippen LogP contribution in [0.3, 0.4) is 0 Å². The summed E-state index contributed by atoms with van der Waals surface area (Å²) in [5.74, 6) is -2.94. The molecule has 0 radical (unpaired) electrons. The minimum Gasteiger partial charge on any atom is -0.481 e. The smallest absolute Gasteiger partial charge is 0.306 e. The van der Waals surface area contributed by atoms with Crippen LogP contribution in [0.15, 0.2) is 41.8 Å². The molecule has 12 heteroatoms. The molecule has 1 aliphatic carbocycles. The van der Waals surface area contributed by atoms with Gasteiger partial charge in [-0.2, -0.15) is 0 Å². The minimum atomic E-state index is -1.34. The zero-order chi connectivity index (χ0) is 32.3. The summed E-state index contributed by atoms with van der Waals surface area (Å²) in [6.45, 7) is 3.68. The predicted molar refractivity (Wildman–Crippen MR) is 180 cm³/mol. The van der Waals surface area contributed by atoms with Gasteiger partial charge in [0, 0.05) is 59.7 Å². The molecule has 1 aromatic heterocycles. The summed E-state index contributed by atoms with van der Waals surface area (Å²) in [6.07, 6.45) is 4.57. The molecule has 3 fully saturated rings. The maximum absolute atomic E-state index is 14.8. The standard InChI is InChI=1S/C34H39Cl2N3O6S/c35-27-20-29(37-32(41)26-21-46-30-7-2-1-6-25(26)30)28(36)18-23(27)19-31(40)34(38-12-3-4-13-38,39-14-5-16-44-17-15-39)45-24-10-8-22(9-11-24)33(42)43/h1-2,6-7,18,20-22,24H,3-5,8-17,19H2,(H,37,41)(H,42,43)/t22-,24-,34?. The van der Waals surface area contributed by atoms with E-state index >= 15 is 0 Å². The molecule has 1 amide bonds. The van der Waals surface area contributed by atoms with Gasteiger partial charge >= 0.3 is 5.97 Å². The van der Waals surface area contributed by atoms with Gasteiger partial charge in [0.15, 0.2) is 5.78 Å². The molecule has 3 aromatic rings. The number of hydrogen-bond acceptors (Lipinski definition) is 8. The van der Waals surface area contributed by atoms with Crippen molar-refractivity contribution in [1.29, 1.82) is 0 Å². The van der Waals surface area contributed by atoms with Gasteiger partial charge in [0.2, 0.25) is 5.85 Å². The van der Waals surface area contributed by atoms with E-state index < -0.39 is 11.8 Å². The molecule has 3 heterocycles. The number of aliphatic carboxylic acids is 1. The molecule has 2 aliphatic heterocycles. The van der Waals surface area contributed by atoms with Crippen molar-refractivity contribution in [2.75, 3.05) is 44.7 Å². The number of amides is 1. The molecule has 1 atom stereocenters. The molecular weight excluding hydrogens is 649 g/mol. The Labute approximate surface area is 282 Å². The Kier molecular flexibility index (Phi) is 10.6. The summed E-state index contributed by atoms with van der Waals surface area (Å²) in [7, 11) is 0. The van der Waals surface area contributed by atoms with Gasteiger partial charge in [0.1, 0.15) is 0 Å². The van der Waals surface area contributed by atoms with Gasteiger partial charge in [0.05, 0.1) is 34.9 Å². The van der Waals surface area contributed by atoms with Crippen LogP contribution in [0.5, 0.6) is 0 Å². The van der Waals surface area contributed by atoms with Gasteiger partial charge in [-0.1, -0.05) is 41.4 Å². The molecule has 2 saturated heterocycles. The first kappa shape index (κ1) is 33.3. The van der Waals surface area contributed by atoms with E-state index in [4.69, 9.17) is 32.7 Å². The molecule has 1 saturated carbocycles. The number of carboxylic acids is 1. The number of nitrogens with one attached hydrogen (secondary N) is 1. The number of fused-ring (bicyclic) bond motifs is 1. The Morgan fingerprint density at radius 1 is 0.957 bits per heavy atom. The molecule has 3 aliphatic rings. The number of benzene rings is 2. The van der Waals surface area contributed by atoms with Crippen LogP contribution in [0, 0.1) is 5.92 Å². The Morgan fingerprint density at radius 3 is 2.43 bits per heavy atom. The van der Waals surface area contributed by atoms with Crippen molar-refractivity contribution in [2.45, 2.75) is 63.3 Å². The number of nitrogens with zero attached hydrogens (tertiary/aromatic N) is 2. The second kappa shape index (κ2) is 14.7. The molecule has 46 heavy (non-hydrogen) atoms. The van der Waals surface area contributed by atoms with Gasteiger partial charge in [0.25, 0.3) is 5.91 Å². The third-order valence-electron chi connectivity index (χ3n) is 9.36. The molecule has 6 rings (SSSR count). The van der Waals surface area contributed by atoms with Crippen LogP contribution in [-0.4, -0.2) is 83.9 Å². The average Bonchev–Trinajstić information content (AvgIpc) is 3.67. The van der Waals surface area contributed by atoms with Crippen molar-refractivity contribution in [3.63, 3.8) is 0 Å². The van der Waals surface area contributed by atoms with Crippen LogP contribution in [0.25, 0.3) is 10.1 Å². The van der Waals surface area contributed by atoms with Crippen LogP contribution in [0.1, 0.15) is 60.9 Å². The van der Waals surface area contributed by atoms with E-state index in [0.717, 1.165) is 29.3 Å². The first-order chi connectivity index (χ1) is 22.3. The molecule has 2 N–H and O–H groups in total. The first-order valence-electron chi connectivity index (χ1n) is 16.0. The number of Topliss-reactive ketones (excluding diaryl/α,β-unsaturated/α-hetero) is 1. The summed E-state index contributed by atoms with van der Waals surface area (Å²) >= 11 is 15.0. The summed E-state index contributed by atoms with van der Waals surface area (Å²) in [6, 6.07) is 11.0. The Balaban J connectivity index is 1.27. The maximum Gasteiger partial charge on any atom is 0.306 e. The zero-order valence-electron chi connectivity index (χ0n) is 25.6. The van der Waals surface area contributed by atoms with E-state index in [1.807, 2.05) is 29.6 Å². The highest BCUT2D eigenvalue weighted by atomic mass is 35.5. The number of hydrogen-bond donors (Lipinski definition) is 2.